The lowest BCUT2D eigenvalue weighted by molar-refractivity contribution is -0.118. The molecular formula is C14H17N3O2S. The van der Waals surface area contributed by atoms with E-state index in [9.17, 15) is 4.79 Å². The number of hydrogen-bond acceptors (Lipinski definition) is 4. The van der Waals surface area contributed by atoms with Gasteiger partial charge in [-0.3, -0.25) is 4.79 Å². The zero-order valence-corrected chi connectivity index (χ0v) is 12.3. The molecule has 0 bridgehead atoms. The SMILES string of the molecule is COc1ccc(CNC(=O)CSc2nccn2C)cc1. The number of aryl methyl sites for hydroxylation is 1. The van der Waals surface area contributed by atoms with Gasteiger partial charge in [-0.05, 0) is 17.7 Å². The average molecular weight is 291 g/mol. The van der Waals surface area contributed by atoms with Crippen molar-refractivity contribution in [1.29, 1.82) is 0 Å². The Hall–Kier alpha value is -1.95. The first kappa shape index (κ1) is 14.5. The largest absolute Gasteiger partial charge is 0.497 e. The number of methoxy groups -OCH3 is 1. The molecular weight excluding hydrogens is 274 g/mol. The summed E-state index contributed by atoms with van der Waals surface area (Å²) in [6.45, 7) is 0.518. The average Bonchev–Trinajstić information content (AvgIpc) is 2.89. The molecule has 0 unspecified atom stereocenters. The van der Waals surface area contributed by atoms with Crippen LogP contribution in [0.15, 0.2) is 41.8 Å². The van der Waals surface area contributed by atoms with E-state index >= 15 is 0 Å². The van der Waals surface area contributed by atoms with Crippen LogP contribution >= 0.6 is 11.8 Å². The maximum atomic E-state index is 11.8. The van der Waals surface area contributed by atoms with Crippen molar-refractivity contribution in [1.82, 2.24) is 14.9 Å². The van der Waals surface area contributed by atoms with Crippen LogP contribution in [0.3, 0.4) is 0 Å². The van der Waals surface area contributed by atoms with E-state index in [1.807, 2.05) is 42.1 Å². The first-order valence-electron chi connectivity index (χ1n) is 6.19. The van der Waals surface area contributed by atoms with Crippen molar-refractivity contribution in [2.45, 2.75) is 11.7 Å². The number of amides is 1. The van der Waals surface area contributed by atoms with E-state index in [4.69, 9.17) is 4.74 Å². The standard InChI is InChI=1S/C14H17N3O2S/c1-17-8-7-15-14(17)20-10-13(18)16-9-11-3-5-12(19-2)6-4-11/h3-8H,9-10H2,1-2H3,(H,16,18). The van der Waals surface area contributed by atoms with Gasteiger partial charge in [0.2, 0.25) is 5.91 Å². The number of thioether (sulfide) groups is 1. The molecule has 106 valence electrons. The van der Waals surface area contributed by atoms with Crippen LogP contribution in [0.2, 0.25) is 0 Å². The van der Waals surface area contributed by atoms with Crippen LogP contribution in [-0.4, -0.2) is 28.3 Å². The van der Waals surface area contributed by atoms with Crippen LogP contribution in [0.5, 0.6) is 5.75 Å². The van der Waals surface area contributed by atoms with Gasteiger partial charge in [0.05, 0.1) is 12.9 Å². The van der Waals surface area contributed by atoms with Crippen molar-refractivity contribution in [3.05, 3.63) is 42.2 Å². The molecule has 1 N–H and O–H groups in total. The van der Waals surface area contributed by atoms with Gasteiger partial charge in [0, 0.05) is 26.0 Å². The molecule has 0 aliphatic heterocycles. The zero-order chi connectivity index (χ0) is 14.4. The minimum atomic E-state index is -0.00572. The fraction of sp³-hybridized carbons (Fsp3) is 0.286. The fourth-order valence-electron chi connectivity index (χ4n) is 1.62. The van der Waals surface area contributed by atoms with E-state index in [2.05, 4.69) is 10.3 Å². The van der Waals surface area contributed by atoms with Crippen molar-refractivity contribution < 1.29 is 9.53 Å². The first-order valence-corrected chi connectivity index (χ1v) is 7.17. The third-order valence-corrected chi connectivity index (χ3v) is 3.82. The van der Waals surface area contributed by atoms with Gasteiger partial charge in [-0.15, -0.1) is 0 Å². The van der Waals surface area contributed by atoms with Gasteiger partial charge < -0.3 is 14.6 Å². The number of imidazole rings is 1. The highest BCUT2D eigenvalue weighted by atomic mass is 32.2. The van der Waals surface area contributed by atoms with E-state index in [1.54, 1.807) is 13.3 Å². The molecule has 0 fully saturated rings. The van der Waals surface area contributed by atoms with Crippen LogP contribution in [0.25, 0.3) is 0 Å². The Labute approximate surface area is 122 Å². The van der Waals surface area contributed by atoms with Crippen LogP contribution < -0.4 is 10.1 Å². The number of nitrogens with one attached hydrogen (secondary N) is 1. The van der Waals surface area contributed by atoms with Gasteiger partial charge in [-0.1, -0.05) is 23.9 Å². The van der Waals surface area contributed by atoms with Gasteiger partial charge in [-0.2, -0.15) is 0 Å². The lowest BCUT2D eigenvalue weighted by Crippen LogP contribution is -2.24. The third-order valence-electron chi connectivity index (χ3n) is 2.76. The second-order valence-corrected chi connectivity index (χ2v) is 5.18. The van der Waals surface area contributed by atoms with Crippen molar-refractivity contribution in [2.24, 2.45) is 7.05 Å². The summed E-state index contributed by atoms with van der Waals surface area (Å²) >= 11 is 1.42. The van der Waals surface area contributed by atoms with Crippen molar-refractivity contribution in [3.8, 4) is 5.75 Å². The molecule has 0 spiro atoms. The van der Waals surface area contributed by atoms with E-state index in [0.717, 1.165) is 16.5 Å². The number of ether oxygens (including phenoxy) is 1. The normalized spacial score (nSPS) is 10.3. The highest BCUT2D eigenvalue weighted by Gasteiger charge is 2.05. The Bertz CT molecular complexity index is 566. The number of hydrogen-bond donors (Lipinski definition) is 1. The summed E-state index contributed by atoms with van der Waals surface area (Å²) in [6.07, 6.45) is 3.58. The Kier molecular flexibility index (Phi) is 5.06. The second-order valence-electron chi connectivity index (χ2n) is 4.23. The Morgan fingerprint density at radius 1 is 1.40 bits per heavy atom. The monoisotopic (exact) mass is 291 g/mol. The van der Waals surface area contributed by atoms with Gasteiger partial charge in [0.1, 0.15) is 5.75 Å². The summed E-state index contributed by atoms with van der Waals surface area (Å²) in [5, 5.41) is 3.72. The van der Waals surface area contributed by atoms with Gasteiger partial charge in [-0.25, -0.2) is 4.98 Å². The lowest BCUT2D eigenvalue weighted by atomic mass is 10.2. The molecule has 0 aliphatic carbocycles. The number of benzene rings is 1. The minimum absolute atomic E-state index is 0.00572. The smallest absolute Gasteiger partial charge is 0.230 e. The fourth-order valence-corrected chi connectivity index (χ4v) is 2.38. The summed E-state index contributed by atoms with van der Waals surface area (Å²) in [7, 11) is 3.54. The molecule has 1 amide bonds. The van der Waals surface area contributed by atoms with Gasteiger partial charge in [0.15, 0.2) is 5.16 Å². The molecule has 5 nitrogen and oxygen atoms in total. The summed E-state index contributed by atoms with van der Waals surface area (Å²) in [5.41, 5.74) is 1.04. The molecule has 0 saturated heterocycles. The van der Waals surface area contributed by atoms with E-state index in [1.165, 1.54) is 11.8 Å². The Morgan fingerprint density at radius 3 is 2.75 bits per heavy atom. The molecule has 1 aromatic carbocycles. The molecule has 1 heterocycles. The summed E-state index contributed by atoms with van der Waals surface area (Å²) in [4.78, 5) is 15.9. The molecule has 0 saturated carbocycles. The zero-order valence-electron chi connectivity index (χ0n) is 11.5. The quantitative estimate of drug-likeness (QED) is 0.825. The number of carbonyl (C=O) groups excluding carboxylic acids is 1. The Balaban J connectivity index is 1.75. The van der Waals surface area contributed by atoms with Crippen LogP contribution in [-0.2, 0) is 18.4 Å². The highest BCUT2D eigenvalue weighted by Crippen LogP contribution is 2.14. The molecule has 0 radical (unpaired) electrons. The van der Waals surface area contributed by atoms with Crippen LogP contribution in [0.1, 0.15) is 5.56 Å². The Morgan fingerprint density at radius 2 is 2.15 bits per heavy atom. The van der Waals surface area contributed by atoms with Crippen LogP contribution in [0, 0.1) is 0 Å². The molecule has 20 heavy (non-hydrogen) atoms. The summed E-state index contributed by atoms with van der Waals surface area (Å²) in [6, 6.07) is 7.63. The topological polar surface area (TPSA) is 56.1 Å². The maximum Gasteiger partial charge on any atom is 0.230 e. The molecule has 6 heteroatoms. The molecule has 2 aromatic rings. The predicted octanol–water partition coefficient (Wildman–Crippen LogP) is 1.84. The first-order chi connectivity index (χ1) is 9.69. The number of aromatic nitrogens is 2. The second kappa shape index (κ2) is 7.00. The summed E-state index contributed by atoms with van der Waals surface area (Å²) in [5.74, 6) is 1.17. The highest BCUT2D eigenvalue weighted by molar-refractivity contribution is 7.99. The lowest BCUT2D eigenvalue weighted by Gasteiger charge is -2.06. The molecule has 2 rings (SSSR count). The van der Waals surface area contributed by atoms with Gasteiger partial charge in [0.25, 0.3) is 0 Å². The van der Waals surface area contributed by atoms with Crippen molar-refractivity contribution in [2.75, 3.05) is 12.9 Å². The molecule has 0 atom stereocenters. The van der Waals surface area contributed by atoms with E-state index in [0.29, 0.717) is 12.3 Å². The maximum absolute atomic E-state index is 11.8. The summed E-state index contributed by atoms with van der Waals surface area (Å²) < 4.78 is 6.98. The van der Waals surface area contributed by atoms with E-state index < -0.39 is 0 Å². The number of rotatable bonds is 6. The number of carbonyl (C=O) groups is 1. The van der Waals surface area contributed by atoms with Crippen molar-refractivity contribution >= 4 is 17.7 Å². The predicted molar refractivity (Wildman–Crippen MR) is 78.8 cm³/mol. The van der Waals surface area contributed by atoms with Crippen LogP contribution in [0.4, 0.5) is 0 Å². The number of nitrogens with zero attached hydrogens (tertiary/aromatic N) is 2. The van der Waals surface area contributed by atoms with Gasteiger partial charge >= 0.3 is 0 Å². The third kappa shape index (κ3) is 4.03. The molecule has 0 aliphatic rings. The minimum Gasteiger partial charge on any atom is -0.497 e. The molecule has 1 aromatic heterocycles. The van der Waals surface area contributed by atoms with E-state index in [-0.39, 0.29) is 5.91 Å². The van der Waals surface area contributed by atoms with Crippen molar-refractivity contribution in [3.63, 3.8) is 0 Å².